The fourth-order valence-corrected chi connectivity index (χ4v) is 3.60. The normalized spacial score (nSPS) is 12.4. The van der Waals surface area contributed by atoms with Crippen LogP contribution < -0.4 is 5.32 Å². The SMILES string of the molecule is CCOC(=O)[C@H](C)C[C@@H](Cc1ccc(-c2ccccc2)cc1)NC(=O)c1ccnc(C(=O)O)n1. The van der Waals surface area contributed by atoms with Crippen LogP contribution in [0.25, 0.3) is 11.1 Å². The van der Waals surface area contributed by atoms with Crippen LogP contribution in [0.15, 0.2) is 66.9 Å². The Labute approximate surface area is 198 Å². The number of amides is 1. The molecular weight excluding hydrogens is 434 g/mol. The molecule has 2 aromatic carbocycles. The number of carbonyl (C=O) groups excluding carboxylic acids is 2. The van der Waals surface area contributed by atoms with Gasteiger partial charge in [-0.1, -0.05) is 61.5 Å². The van der Waals surface area contributed by atoms with Crippen LogP contribution >= 0.6 is 0 Å². The van der Waals surface area contributed by atoms with E-state index in [1.165, 1.54) is 12.3 Å². The summed E-state index contributed by atoms with van der Waals surface area (Å²) in [5.41, 5.74) is 3.11. The van der Waals surface area contributed by atoms with Crippen molar-refractivity contribution in [3.8, 4) is 11.1 Å². The Bertz CT molecular complexity index is 1130. The third-order valence-corrected chi connectivity index (χ3v) is 5.28. The first-order valence-corrected chi connectivity index (χ1v) is 11.1. The van der Waals surface area contributed by atoms with Crippen molar-refractivity contribution in [2.45, 2.75) is 32.7 Å². The number of carbonyl (C=O) groups is 3. The molecule has 0 spiro atoms. The Hall–Kier alpha value is -4.07. The van der Waals surface area contributed by atoms with Crippen LogP contribution in [0.3, 0.4) is 0 Å². The average Bonchev–Trinajstić information content (AvgIpc) is 2.85. The van der Waals surface area contributed by atoms with Gasteiger partial charge in [-0.05, 0) is 42.5 Å². The van der Waals surface area contributed by atoms with Gasteiger partial charge < -0.3 is 15.2 Å². The van der Waals surface area contributed by atoms with E-state index in [0.29, 0.717) is 12.8 Å². The first kappa shape index (κ1) is 24.6. The second kappa shape index (κ2) is 11.7. The summed E-state index contributed by atoms with van der Waals surface area (Å²) < 4.78 is 5.11. The summed E-state index contributed by atoms with van der Waals surface area (Å²) in [6.45, 7) is 3.77. The standard InChI is InChI=1S/C26H27N3O5/c1-3-34-26(33)17(2)15-21(28-24(30)22-13-14-27-23(29-22)25(31)32)16-18-9-11-20(12-10-18)19-7-5-4-6-8-19/h4-14,17,21H,3,15-16H2,1-2H3,(H,28,30)(H,31,32)/t17-,21+/m1/s1. The quantitative estimate of drug-likeness (QED) is 0.441. The molecule has 0 fully saturated rings. The molecule has 0 aliphatic rings. The molecule has 2 atom stereocenters. The van der Waals surface area contributed by atoms with Crippen LogP contribution in [0, 0.1) is 5.92 Å². The number of hydrogen-bond acceptors (Lipinski definition) is 6. The minimum Gasteiger partial charge on any atom is -0.475 e. The van der Waals surface area contributed by atoms with Gasteiger partial charge in [-0.3, -0.25) is 9.59 Å². The van der Waals surface area contributed by atoms with Crippen LogP contribution in [0.2, 0.25) is 0 Å². The number of hydrogen-bond donors (Lipinski definition) is 2. The van der Waals surface area contributed by atoms with E-state index in [9.17, 15) is 14.4 Å². The highest BCUT2D eigenvalue weighted by Crippen LogP contribution is 2.21. The Balaban J connectivity index is 1.77. The lowest BCUT2D eigenvalue weighted by atomic mass is 9.94. The number of aromatic nitrogens is 2. The van der Waals surface area contributed by atoms with Gasteiger partial charge in [0.1, 0.15) is 5.69 Å². The predicted octanol–water partition coefficient (Wildman–Crippen LogP) is 3.77. The summed E-state index contributed by atoms with van der Waals surface area (Å²) in [6.07, 6.45) is 2.05. The van der Waals surface area contributed by atoms with Crippen LogP contribution in [0.1, 0.15) is 46.9 Å². The second-order valence-electron chi connectivity index (χ2n) is 7.90. The summed E-state index contributed by atoms with van der Waals surface area (Å²) in [6, 6.07) is 18.9. The number of nitrogens with one attached hydrogen (secondary N) is 1. The van der Waals surface area contributed by atoms with E-state index in [1.807, 2.05) is 54.6 Å². The van der Waals surface area contributed by atoms with Gasteiger partial charge in [0, 0.05) is 12.2 Å². The summed E-state index contributed by atoms with van der Waals surface area (Å²) >= 11 is 0. The van der Waals surface area contributed by atoms with Crippen LogP contribution in [-0.4, -0.2) is 45.6 Å². The predicted molar refractivity (Wildman–Crippen MR) is 126 cm³/mol. The van der Waals surface area contributed by atoms with Gasteiger partial charge >= 0.3 is 11.9 Å². The van der Waals surface area contributed by atoms with Crippen molar-refractivity contribution in [3.63, 3.8) is 0 Å². The van der Waals surface area contributed by atoms with Crippen molar-refractivity contribution < 1.29 is 24.2 Å². The monoisotopic (exact) mass is 461 g/mol. The smallest absolute Gasteiger partial charge is 0.373 e. The Morgan fingerprint density at radius 2 is 1.68 bits per heavy atom. The molecule has 0 bridgehead atoms. The van der Waals surface area contributed by atoms with Crippen LogP contribution in [0.5, 0.6) is 0 Å². The molecule has 0 saturated heterocycles. The lowest BCUT2D eigenvalue weighted by Crippen LogP contribution is -2.39. The Kier molecular flexibility index (Phi) is 8.45. The lowest BCUT2D eigenvalue weighted by Gasteiger charge is -2.22. The summed E-state index contributed by atoms with van der Waals surface area (Å²) in [7, 11) is 0. The van der Waals surface area contributed by atoms with Crippen LogP contribution in [0.4, 0.5) is 0 Å². The van der Waals surface area contributed by atoms with E-state index in [1.54, 1.807) is 13.8 Å². The average molecular weight is 462 g/mol. The maximum Gasteiger partial charge on any atom is 0.373 e. The minimum atomic E-state index is -1.32. The molecule has 2 N–H and O–H groups in total. The molecule has 0 aliphatic heterocycles. The molecule has 1 heterocycles. The maximum atomic E-state index is 12.8. The molecule has 0 saturated carbocycles. The van der Waals surface area contributed by atoms with Gasteiger partial charge in [0.25, 0.3) is 5.91 Å². The second-order valence-corrected chi connectivity index (χ2v) is 7.90. The molecule has 3 aromatic rings. The van der Waals surface area contributed by atoms with Gasteiger partial charge in [0.05, 0.1) is 12.5 Å². The van der Waals surface area contributed by atoms with Crippen LogP contribution in [-0.2, 0) is 16.0 Å². The molecule has 34 heavy (non-hydrogen) atoms. The number of benzene rings is 2. The zero-order valence-electron chi connectivity index (χ0n) is 19.1. The Morgan fingerprint density at radius 3 is 2.32 bits per heavy atom. The highest BCUT2D eigenvalue weighted by molar-refractivity contribution is 5.93. The zero-order chi connectivity index (χ0) is 24.5. The molecule has 0 aliphatic carbocycles. The molecule has 0 radical (unpaired) electrons. The topological polar surface area (TPSA) is 118 Å². The van der Waals surface area contributed by atoms with E-state index >= 15 is 0 Å². The number of carboxylic acid groups (broad SMARTS) is 1. The Morgan fingerprint density at radius 1 is 1.00 bits per heavy atom. The minimum absolute atomic E-state index is 0.0550. The molecule has 8 heteroatoms. The molecule has 1 amide bonds. The van der Waals surface area contributed by atoms with E-state index in [4.69, 9.17) is 9.84 Å². The highest BCUT2D eigenvalue weighted by Gasteiger charge is 2.23. The molecule has 3 rings (SSSR count). The van der Waals surface area contributed by atoms with Crippen molar-refractivity contribution in [1.29, 1.82) is 0 Å². The molecule has 176 valence electrons. The van der Waals surface area contributed by atoms with E-state index in [0.717, 1.165) is 16.7 Å². The fraction of sp³-hybridized carbons (Fsp3) is 0.269. The number of aromatic carboxylic acids is 1. The first-order chi connectivity index (χ1) is 16.4. The first-order valence-electron chi connectivity index (χ1n) is 11.1. The van der Waals surface area contributed by atoms with Gasteiger partial charge in [0.2, 0.25) is 5.82 Å². The lowest BCUT2D eigenvalue weighted by molar-refractivity contribution is -0.147. The highest BCUT2D eigenvalue weighted by atomic mass is 16.5. The van der Waals surface area contributed by atoms with Crippen molar-refractivity contribution in [2.75, 3.05) is 6.61 Å². The molecule has 8 nitrogen and oxygen atoms in total. The van der Waals surface area contributed by atoms with E-state index < -0.39 is 29.7 Å². The van der Waals surface area contributed by atoms with E-state index in [-0.39, 0.29) is 18.3 Å². The zero-order valence-corrected chi connectivity index (χ0v) is 19.1. The van der Waals surface area contributed by atoms with Crippen molar-refractivity contribution in [2.24, 2.45) is 5.92 Å². The number of rotatable bonds is 10. The van der Waals surface area contributed by atoms with Crippen molar-refractivity contribution in [3.05, 3.63) is 83.9 Å². The number of nitrogens with zero attached hydrogens (tertiary/aromatic N) is 2. The fourth-order valence-electron chi connectivity index (χ4n) is 3.60. The third kappa shape index (κ3) is 6.71. The molecule has 0 unspecified atom stereocenters. The largest absolute Gasteiger partial charge is 0.475 e. The number of esters is 1. The van der Waals surface area contributed by atoms with Gasteiger partial charge in [-0.15, -0.1) is 0 Å². The summed E-state index contributed by atoms with van der Waals surface area (Å²) in [4.78, 5) is 43.6. The van der Waals surface area contributed by atoms with Crippen molar-refractivity contribution in [1.82, 2.24) is 15.3 Å². The van der Waals surface area contributed by atoms with Gasteiger partial charge in [-0.25, -0.2) is 14.8 Å². The molecule has 1 aromatic heterocycles. The van der Waals surface area contributed by atoms with Gasteiger partial charge in [0.15, 0.2) is 0 Å². The summed E-state index contributed by atoms with van der Waals surface area (Å²) in [5, 5.41) is 12.0. The number of ether oxygens (including phenoxy) is 1. The van der Waals surface area contributed by atoms with Gasteiger partial charge in [-0.2, -0.15) is 0 Å². The molecular formula is C26H27N3O5. The number of carboxylic acids is 1. The van der Waals surface area contributed by atoms with E-state index in [2.05, 4.69) is 15.3 Å². The van der Waals surface area contributed by atoms with Crippen molar-refractivity contribution >= 4 is 17.8 Å². The summed E-state index contributed by atoms with van der Waals surface area (Å²) in [5.74, 6) is -3.08. The maximum absolute atomic E-state index is 12.8. The third-order valence-electron chi connectivity index (χ3n) is 5.28.